The lowest BCUT2D eigenvalue weighted by molar-refractivity contribution is 0.145. The van der Waals surface area contributed by atoms with Gasteiger partial charge in [0, 0.05) is 29.9 Å². The van der Waals surface area contributed by atoms with E-state index >= 15 is 0 Å². The Morgan fingerprint density at radius 2 is 2.06 bits per heavy atom. The fourth-order valence-electron chi connectivity index (χ4n) is 1.54. The van der Waals surface area contributed by atoms with Crippen molar-refractivity contribution in [2.24, 2.45) is 0 Å². The SMILES string of the molecule is CCOCCCNCC(C)Sc1ccc(F)cc1. The van der Waals surface area contributed by atoms with Gasteiger partial charge in [0.1, 0.15) is 5.82 Å². The van der Waals surface area contributed by atoms with Gasteiger partial charge in [-0.25, -0.2) is 4.39 Å². The Bertz CT molecular complexity index is 318. The molecule has 0 saturated carbocycles. The van der Waals surface area contributed by atoms with Gasteiger partial charge >= 0.3 is 0 Å². The van der Waals surface area contributed by atoms with Crippen LogP contribution in [0.2, 0.25) is 0 Å². The maximum Gasteiger partial charge on any atom is 0.123 e. The van der Waals surface area contributed by atoms with Crippen LogP contribution < -0.4 is 5.32 Å². The second-order valence-corrected chi connectivity index (χ2v) is 5.65. The smallest absolute Gasteiger partial charge is 0.123 e. The third-order valence-electron chi connectivity index (χ3n) is 2.43. The maximum atomic E-state index is 12.7. The molecule has 1 rings (SSSR count). The van der Waals surface area contributed by atoms with Crippen molar-refractivity contribution in [1.82, 2.24) is 5.32 Å². The van der Waals surface area contributed by atoms with Gasteiger partial charge in [-0.15, -0.1) is 11.8 Å². The number of ether oxygens (including phenoxy) is 1. The predicted molar refractivity (Wildman–Crippen MR) is 75.7 cm³/mol. The molecule has 18 heavy (non-hydrogen) atoms. The van der Waals surface area contributed by atoms with Gasteiger partial charge in [-0.05, 0) is 44.2 Å². The number of benzene rings is 1. The standard InChI is InChI=1S/C14H22FNOS/c1-3-17-10-4-9-16-11-12(2)18-14-7-5-13(15)6-8-14/h5-8,12,16H,3-4,9-11H2,1-2H3. The van der Waals surface area contributed by atoms with E-state index in [1.165, 1.54) is 12.1 Å². The average Bonchev–Trinajstić information content (AvgIpc) is 2.36. The van der Waals surface area contributed by atoms with E-state index in [0.29, 0.717) is 5.25 Å². The van der Waals surface area contributed by atoms with Gasteiger partial charge in [0.25, 0.3) is 0 Å². The molecular formula is C14H22FNOS. The zero-order valence-electron chi connectivity index (χ0n) is 11.1. The van der Waals surface area contributed by atoms with Gasteiger partial charge in [-0.3, -0.25) is 0 Å². The summed E-state index contributed by atoms with van der Waals surface area (Å²) in [5.41, 5.74) is 0. The minimum atomic E-state index is -0.180. The fraction of sp³-hybridized carbons (Fsp3) is 0.571. The minimum absolute atomic E-state index is 0.180. The van der Waals surface area contributed by atoms with E-state index in [-0.39, 0.29) is 5.82 Å². The Hall–Kier alpha value is -0.580. The van der Waals surface area contributed by atoms with Gasteiger partial charge in [0.2, 0.25) is 0 Å². The first-order valence-electron chi connectivity index (χ1n) is 6.43. The molecule has 0 aliphatic carbocycles. The van der Waals surface area contributed by atoms with Crippen molar-refractivity contribution in [2.45, 2.75) is 30.4 Å². The lowest BCUT2D eigenvalue weighted by Crippen LogP contribution is -2.24. The molecule has 0 heterocycles. The number of nitrogens with one attached hydrogen (secondary N) is 1. The molecular weight excluding hydrogens is 249 g/mol. The Balaban J connectivity index is 2.10. The summed E-state index contributed by atoms with van der Waals surface area (Å²) in [6.07, 6.45) is 1.04. The van der Waals surface area contributed by atoms with Crippen LogP contribution in [-0.4, -0.2) is 31.6 Å². The van der Waals surface area contributed by atoms with Crippen molar-refractivity contribution in [3.8, 4) is 0 Å². The molecule has 0 bridgehead atoms. The number of halogens is 1. The third kappa shape index (κ3) is 6.99. The molecule has 102 valence electrons. The van der Waals surface area contributed by atoms with Crippen molar-refractivity contribution < 1.29 is 9.13 Å². The van der Waals surface area contributed by atoms with E-state index in [1.807, 2.05) is 19.1 Å². The van der Waals surface area contributed by atoms with Crippen LogP contribution in [0.5, 0.6) is 0 Å². The van der Waals surface area contributed by atoms with Gasteiger partial charge in [-0.1, -0.05) is 6.92 Å². The summed E-state index contributed by atoms with van der Waals surface area (Å²) in [5.74, 6) is -0.180. The van der Waals surface area contributed by atoms with Crippen molar-refractivity contribution in [3.63, 3.8) is 0 Å². The first-order chi connectivity index (χ1) is 8.72. The molecule has 1 N–H and O–H groups in total. The van der Waals surface area contributed by atoms with Gasteiger partial charge in [0.15, 0.2) is 0 Å². The second-order valence-electron chi connectivity index (χ2n) is 4.14. The summed E-state index contributed by atoms with van der Waals surface area (Å²) < 4.78 is 18.0. The zero-order chi connectivity index (χ0) is 13.2. The maximum absolute atomic E-state index is 12.7. The monoisotopic (exact) mass is 271 g/mol. The van der Waals surface area contributed by atoms with E-state index in [1.54, 1.807) is 11.8 Å². The van der Waals surface area contributed by atoms with E-state index < -0.39 is 0 Å². The summed E-state index contributed by atoms with van der Waals surface area (Å²) in [5, 5.41) is 3.88. The second kappa shape index (κ2) is 9.36. The van der Waals surface area contributed by atoms with E-state index in [4.69, 9.17) is 4.74 Å². The lowest BCUT2D eigenvalue weighted by Gasteiger charge is -2.12. The highest BCUT2D eigenvalue weighted by molar-refractivity contribution is 8.00. The first-order valence-corrected chi connectivity index (χ1v) is 7.31. The minimum Gasteiger partial charge on any atom is -0.382 e. The lowest BCUT2D eigenvalue weighted by atomic mass is 10.3. The summed E-state index contributed by atoms with van der Waals surface area (Å²) in [7, 11) is 0. The van der Waals surface area contributed by atoms with E-state index in [0.717, 1.165) is 37.6 Å². The summed E-state index contributed by atoms with van der Waals surface area (Å²) in [4.78, 5) is 1.11. The van der Waals surface area contributed by atoms with Crippen molar-refractivity contribution in [3.05, 3.63) is 30.1 Å². The molecule has 0 radical (unpaired) electrons. The predicted octanol–water partition coefficient (Wildman–Crippen LogP) is 3.32. The van der Waals surface area contributed by atoms with Gasteiger partial charge < -0.3 is 10.1 Å². The highest BCUT2D eigenvalue weighted by atomic mass is 32.2. The quantitative estimate of drug-likeness (QED) is 0.550. The molecule has 0 amide bonds. The summed E-state index contributed by atoms with van der Waals surface area (Å²) in [6, 6.07) is 6.66. The van der Waals surface area contributed by atoms with Crippen LogP contribution >= 0.6 is 11.8 Å². The highest BCUT2D eigenvalue weighted by Crippen LogP contribution is 2.22. The first kappa shape index (κ1) is 15.5. The molecule has 1 aromatic carbocycles. The molecule has 1 atom stereocenters. The van der Waals surface area contributed by atoms with Crippen LogP contribution in [0.4, 0.5) is 4.39 Å². The number of thioether (sulfide) groups is 1. The zero-order valence-corrected chi connectivity index (χ0v) is 11.9. The molecule has 0 fully saturated rings. The Labute approximate surface area is 113 Å². The molecule has 1 aromatic rings. The Kier molecular flexibility index (Phi) is 8.05. The Morgan fingerprint density at radius 3 is 2.72 bits per heavy atom. The fourth-order valence-corrected chi connectivity index (χ4v) is 2.50. The molecule has 0 aromatic heterocycles. The molecule has 0 spiro atoms. The van der Waals surface area contributed by atoms with E-state index in [9.17, 15) is 4.39 Å². The Morgan fingerprint density at radius 1 is 1.33 bits per heavy atom. The molecule has 0 aliphatic heterocycles. The van der Waals surface area contributed by atoms with Crippen LogP contribution in [0.25, 0.3) is 0 Å². The van der Waals surface area contributed by atoms with Crippen LogP contribution in [-0.2, 0) is 4.74 Å². The average molecular weight is 271 g/mol. The topological polar surface area (TPSA) is 21.3 Å². The van der Waals surface area contributed by atoms with Crippen LogP contribution in [0.15, 0.2) is 29.2 Å². The normalized spacial score (nSPS) is 12.6. The number of hydrogen-bond donors (Lipinski definition) is 1. The van der Waals surface area contributed by atoms with Crippen LogP contribution in [0.3, 0.4) is 0 Å². The number of rotatable bonds is 9. The summed E-state index contributed by atoms with van der Waals surface area (Å²) in [6.45, 7) is 7.72. The van der Waals surface area contributed by atoms with Crippen molar-refractivity contribution >= 4 is 11.8 Å². The molecule has 0 aliphatic rings. The molecule has 2 nitrogen and oxygen atoms in total. The number of hydrogen-bond acceptors (Lipinski definition) is 3. The van der Waals surface area contributed by atoms with Gasteiger partial charge in [0.05, 0.1) is 0 Å². The van der Waals surface area contributed by atoms with Crippen LogP contribution in [0.1, 0.15) is 20.3 Å². The van der Waals surface area contributed by atoms with Gasteiger partial charge in [-0.2, -0.15) is 0 Å². The van der Waals surface area contributed by atoms with Crippen molar-refractivity contribution in [2.75, 3.05) is 26.3 Å². The molecule has 0 saturated heterocycles. The van der Waals surface area contributed by atoms with Crippen LogP contribution in [0, 0.1) is 5.82 Å². The largest absolute Gasteiger partial charge is 0.382 e. The summed E-state index contributed by atoms with van der Waals surface area (Å²) >= 11 is 1.76. The molecule has 1 unspecified atom stereocenters. The third-order valence-corrected chi connectivity index (χ3v) is 3.54. The van der Waals surface area contributed by atoms with E-state index in [2.05, 4.69) is 12.2 Å². The highest BCUT2D eigenvalue weighted by Gasteiger charge is 2.03. The molecule has 4 heteroatoms. The van der Waals surface area contributed by atoms with Crippen molar-refractivity contribution in [1.29, 1.82) is 0 Å².